The summed E-state index contributed by atoms with van der Waals surface area (Å²) in [6.07, 6.45) is 3.96. The third-order valence-electron chi connectivity index (χ3n) is 5.60. The zero-order chi connectivity index (χ0) is 24.1. The van der Waals surface area contributed by atoms with Crippen molar-refractivity contribution >= 4 is 17.1 Å². The normalized spacial score (nSPS) is 12.7. The minimum Gasteiger partial charge on any atom is -0.443 e. The Morgan fingerprint density at radius 2 is 1.71 bits per heavy atom. The van der Waals surface area contributed by atoms with Crippen molar-refractivity contribution in [2.75, 3.05) is 6.54 Å². The van der Waals surface area contributed by atoms with Crippen LogP contribution in [0.5, 0.6) is 0 Å². The quantitative estimate of drug-likeness (QED) is 0.369. The average Bonchev–Trinajstić information content (AvgIpc) is 3.19. The second kappa shape index (κ2) is 10.1. The lowest BCUT2D eigenvalue weighted by Crippen LogP contribution is -2.33. The number of carbonyl (C=O) groups excluding carboxylic acids is 1. The molecule has 7 nitrogen and oxygen atoms in total. The Morgan fingerprint density at radius 3 is 2.38 bits per heavy atom. The Bertz CT molecular complexity index is 1230. The molecule has 0 saturated heterocycles. The van der Waals surface area contributed by atoms with Crippen LogP contribution in [-0.2, 0) is 17.7 Å². The molecule has 7 heteroatoms. The lowest BCUT2D eigenvalue weighted by molar-refractivity contribution is 0.0532. The number of benzene rings is 1. The second-order valence-electron chi connectivity index (χ2n) is 9.30. The van der Waals surface area contributed by atoms with Crippen LogP contribution in [0.3, 0.4) is 0 Å². The minimum atomic E-state index is -0.611. The van der Waals surface area contributed by atoms with E-state index in [1.807, 2.05) is 87.6 Å². The molecule has 0 aliphatic rings. The van der Waals surface area contributed by atoms with Crippen molar-refractivity contribution in [3.8, 4) is 0 Å². The Hall–Kier alpha value is -3.58. The fourth-order valence-corrected chi connectivity index (χ4v) is 3.90. The number of nitrogens with zero attached hydrogens (tertiary/aromatic N) is 5. The lowest BCUT2D eigenvalue weighted by atomic mass is 10.1. The van der Waals surface area contributed by atoms with Crippen molar-refractivity contribution < 1.29 is 9.53 Å². The molecule has 4 rings (SSSR count). The van der Waals surface area contributed by atoms with Crippen LogP contribution in [0, 0.1) is 0 Å². The number of ether oxygens (including phenoxy) is 1. The van der Waals surface area contributed by atoms with Crippen LogP contribution in [0.1, 0.15) is 50.9 Å². The van der Waals surface area contributed by atoms with Gasteiger partial charge in [0.15, 0.2) is 0 Å². The summed E-state index contributed by atoms with van der Waals surface area (Å²) in [6, 6.07) is 19.5. The molecule has 0 bridgehead atoms. The van der Waals surface area contributed by atoms with E-state index >= 15 is 0 Å². The van der Waals surface area contributed by atoms with Gasteiger partial charge in [0.2, 0.25) is 0 Å². The number of fused-ring (bicyclic) bond motifs is 1. The summed E-state index contributed by atoms with van der Waals surface area (Å²) < 4.78 is 7.33. The maximum absolute atomic E-state index is 13.2. The van der Waals surface area contributed by atoms with Gasteiger partial charge >= 0.3 is 6.09 Å². The van der Waals surface area contributed by atoms with E-state index in [1.165, 1.54) is 0 Å². The van der Waals surface area contributed by atoms with Gasteiger partial charge in [-0.15, -0.1) is 0 Å². The van der Waals surface area contributed by atoms with Crippen molar-refractivity contribution in [2.45, 2.75) is 52.3 Å². The molecule has 0 saturated carbocycles. The largest absolute Gasteiger partial charge is 0.443 e. The van der Waals surface area contributed by atoms with E-state index in [1.54, 1.807) is 10.8 Å². The highest BCUT2D eigenvalue weighted by atomic mass is 16.6. The van der Waals surface area contributed by atoms with Crippen molar-refractivity contribution in [3.05, 3.63) is 90.3 Å². The number of imidazole rings is 1. The lowest BCUT2D eigenvalue weighted by Gasteiger charge is -2.29. The summed E-state index contributed by atoms with van der Waals surface area (Å²) in [6.45, 7) is 8.91. The number of pyridine rings is 2. The number of carbonyl (C=O) groups is 1. The van der Waals surface area contributed by atoms with Crippen molar-refractivity contribution in [1.29, 1.82) is 0 Å². The molecular weight excluding hydrogens is 426 g/mol. The van der Waals surface area contributed by atoms with Gasteiger partial charge in [-0.05, 0) is 64.1 Å². The van der Waals surface area contributed by atoms with E-state index < -0.39 is 11.7 Å². The summed E-state index contributed by atoms with van der Waals surface area (Å²) in [5.41, 5.74) is 2.87. The van der Waals surface area contributed by atoms with Crippen LogP contribution in [0.25, 0.3) is 11.0 Å². The highest BCUT2D eigenvalue weighted by Crippen LogP contribution is 2.24. The van der Waals surface area contributed by atoms with Crippen molar-refractivity contribution in [3.63, 3.8) is 0 Å². The van der Waals surface area contributed by atoms with Gasteiger partial charge in [0.05, 0.1) is 23.3 Å². The number of rotatable bonds is 7. The van der Waals surface area contributed by atoms with Gasteiger partial charge in [-0.2, -0.15) is 0 Å². The van der Waals surface area contributed by atoms with E-state index in [0.717, 1.165) is 35.4 Å². The summed E-state index contributed by atoms with van der Waals surface area (Å²) in [7, 11) is 0. The first-order valence-electron chi connectivity index (χ1n) is 11.6. The molecule has 176 valence electrons. The van der Waals surface area contributed by atoms with Gasteiger partial charge in [-0.25, -0.2) is 14.3 Å². The molecular formula is C27H31N5O2. The zero-order valence-electron chi connectivity index (χ0n) is 20.2. The van der Waals surface area contributed by atoms with Gasteiger partial charge in [0, 0.05) is 37.1 Å². The molecule has 0 spiro atoms. The second-order valence-corrected chi connectivity index (χ2v) is 9.30. The van der Waals surface area contributed by atoms with Crippen LogP contribution < -0.4 is 0 Å². The van der Waals surface area contributed by atoms with Crippen molar-refractivity contribution in [1.82, 2.24) is 24.4 Å². The first kappa shape index (κ1) is 23.6. The third-order valence-corrected chi connectivity index (χ3v) is 5.60. The molecule has 1 atom stereocenters. The zero-order valence-corrected chi connectivity index (χ0v) is 20.2. The standard InChI is InChI=1S/C27H31N5O2/c1-20(22-12-8-10-17-29-22)31(18-15-21-11-7-9-16-28-21)19-25-30-23-13-5-6-14-24(23)32(25)26(33)34-27(2,3)4/h5-14,16-17,20H,15,18-19H2,1-4H3. The van der Waals surface area contributed by atoms with E-state index in [-0.39, 0.29) is 6.04 Å². The SMILES string of the molecule is CC(c1ccccn1)N(CCc1ccccn1)Cc1nc2ccccc2n1C(=O)OC(C)(C)C. The molecule has 0 aliphatic heterocycles. The smallest absolute Gasteiger partial charge is 0.420 e. The van der Waals surface area contributed by atoms with E-state index in [9.17, 15) is 4.79 Å². The summed E-state index contributed by atoms with van der Waals surface area (Å²) in [5.74, 6) is 0.638. The molecule has 3 heterocycles. The molecule has 1 unspecified atom stereocenters. The average molecular weight is 458 g/mol. The molecule has 34 heavy (non-hydrogen) atoms. The van der Waals surface area contributed by atoms with Gasteiger partial charge in [-0.1, -0.05) is 24.3 Å². The highest BCUT2D eigenvalue weighted by Gasteiger charge is 2.26. The monoisotopic (exact) mass is 457 g/mol. The Labute approximate surface area is 200 Å². The first-order chi connectivity index (χ1) is 16.3. The summed E-state index contributed by atoms with van der Waals surface area (Å²) in [4.78, 5) is 29.4. The fraction of sp³-hybridized carbons (Fsp3) is 0.333. The number of hydrogen-bond acceptors (Lipinski definition) is 6. The Kier molecular flexibility index (Phi) is 7.03. The van der Waals surface area contributed by atoms with Crippen LogP contribution in [-0.4, -0.2) is 42.7 Å². The molecule has 3 aromatic heterocycles. The van der Waals surface area contributed by atoms with E-state index in [4.69, 9.17) is 9.72 Å². The maximum Gasteiger partial charge on any atom is 0.420 e. The number of hydrogen-bond donors (Lipinski definition) is 0. The molecule has 4 aromatic rings. The van der Waals surface area contributed by atoms with Crippen LogP contribution in [0.15, 0.2) is 73.1 Å². The van der Waals surface area contributed by atoms with Crippen LogP contribution >= 0.6 is 0 Å². The fourth-order valence-electron chi connectivity index (χ4n) is 3.90. The number of aromatic nitrogens is 4. The Morgan fingerprint density at radius 1 is 1.00 bits per heavy atom. The van der Waals surface area contributed by atoms with Crippen molar-refractivity contribution in [2.24, 2.45) is 0 Å². The third kappa shape index (κ3) is 5.66. The van der Waals surface area contributed by atoms with Gasteiger partial charge in [-0.3, -0.25) is 14.9 Å². The molecule has 1 aromatic carbocycles. The number of para-hydroxylation sites is 2. The molecule has 0 aliphatic carbocycles. The minimum absolute atomic E-state index is 0.0109. The predicted octanol–water partition coefficient (Wildman–Crippen LogP) is 5.42. The van der Waals surface area contributed by atoms with Crippen LogP contribution in [0.2, 0.25) is 0 Å². The molecule has 0 radical (unpaired) electrons. The van der Waals surface area contributed by atoms with Crippen LogP contribution in [0.4, 0.5) is 4.79 Å². The molecule has 0 fully saturated rings. The van der Waals surface area contributed by atoms with Gasteiger partial charge < -0.3 is 4.74 Å². The first-order valence-corrected chi connectivity index (χ1v) is 11.6. The highest BCUT2D eigenvalue weighted by molar-refractivity contribution is 5.87. The Balaban J connectivity index is 1.69. The molecule has 0 amide bonds. The van der Waals surface area contributed by atoms with Gasteiger partial charge in [0.1, 0.15) is 11.4 Å². The topological polar surface area (TPSA) is 73.1 Å². The van der Waals surface area contributed by atoms with E-state index in [2.05, 4.69) is 21.8 Å². The van der Waals surface area contributed by atoms with E-state index in [0.29, 0.717) is 12.4 Å². The maximum atomic E-state index is 13.2. The van der Waals surface area contributed by atoms with Gasteiger partial charge in [0.25, 0.3) is 0 Å². The molecule has 0 N–H and O–H groups in total. The summed E-state index contributed by atoms with van der Waals surface area (Å²) in [5, 5.41) is 0. The summed E-state index contributed by atoms with van der Waals surface area (Å²) >= 11 is 0. The predicted molar refractivity (Wildman–Crippen MR) is 132 cm³/mol.